The summed E-state index contributed by atoms with van der Waals surface area (Å²) in [6.07, 6.45) is 7.40. The highest BCUT2D eigenvalue weighted by atomic mass is 16.2. The molecule has 2 aliphatic rings. The number of nitrogens with zero attached hydrogens (tertiary/aromatic N) is 2. The lowest BCUT2D eigenvalue weighted by Gasteiger charge is -2.44. The van der Waals surface area contributed by atoms with E-state index < -0.39 is 0 Å². The summed E-state index contributed by atoms with van der Waals surface area (Å²) in [5.74, 6) is 0.320. The van der Waals surface area contributed by atoms with E-state index in [2.05, 4.69) is 39.2 Å². The van der Waals surface area contributed by atoms with Gasteiger partial charge in [0.05, 0.1) is 0 Å². The van der Waals surface area contributed by atoms with E-state index in [-0.39, 0.29) is 0 Å². The van der Waals surface area contributed by atoms with Gasteiger partial charge in [0.1, 0.15) is 0 Å². The number of fused-ring (bicyclic) bond motifs is 2. The van der Waals surface area contributed by atoms with Gasteiger partial charge < -0.3 is 9.88 Å². The van der Waals surface area contributed by atoms with Gasteiger partial charge in [0.15, 0.2) is 0 Å². The molecule has 2 aromatic rings. The van der Waals surface area contributed by atoms with Crippen molar-refractivity contribution in [2.75, 3.05) is 26.2 Å². The van der Waals surface area contributed by atoms with Crippen molar-refractivity contribution >= 4 is 16.8 Å². The number of aromatic nitrogens is 1. The fourth-order valence-electron chi connectivity index (χ4n) is 4.12. The maximum Gasteiger partial charge on any atom is 0.222 e. The predicted molar refractivity (Wildman–Crippen MR) is 92.4 cm³/mol. The molecule has 1 N–H and O–H groups in total. The van der Waals surface area contributed by atoms with E-state index in [1.807, 2.05) is 6.07 Å². The molecule has 4 rings (SSSR count). The molecule has 23 heavy (non-hydrogen) atoms. The minimum Gasteiger partial charge on any atom is -0.361 e. The maximum absolute atomic E-state index is 12.6. The zero-order chi connectivity index (χ0) is 15.6. The zero-order valence-corrected chi connectivity index (χ0v) is 13.6. The number of carbonyl (C=O) groups is 1. The molecule has 2 aliphatic heterocycles. The average molecular weight is 311 g/mol. The van der Waals surface area contributed by atoms with Crippen LogP contribution in [-0.4, -0.2) is 52.9 Å². The summed E-state index contributed by atoms with van der Waals surface area (Å²) < 4.78 is 0. The summed E-state index contributed by atoms with van der Waals surface area (Å²) in [6, 6.07) is 8.92. The Balaban J connectivity index is 1.36. The summed E-state index contributed by atoms with van der Waals surface area (Å²) in [7, 11) is 0. The van der Waals surface area contributed by atoms with Crippen LogP contribution >= 0.6 is 0 Å². The lowest BCUT2D eigenvalue weighted by molar-refractivity contribution is -0.134. The highest BCUT2D eigenvalue weighted by molar-refractivity contribution is 5.84. The summed E-state index contributed by atoms with van der Waals surface area (Å²) in [5, 5.41) is 1.25. The van der Waals surface area contributed by atoms with Gasteiger partial charge in [-0.25, -0.2) is 0 Å². The Kier molecular flexibility index (Phi) is 4.08. The predicted octanol–water partition coefficient (Wildman–Crippen LogP) is 2.80. The number of hydrogen-bond acceptors (Lipinski definition) is 2. The first kappa shape index (κ1) is 14.8. The van der Waals surface area contributed by atoms with Gasteiger partial charge in [0.25, 0.3) is 0 Å². The van der Waals surface area contributed by atoms with Crippen LogP contribution in [0.5, 0.6) is 0 Å². The molecule has 122 valence electrons. The number of rotatable bonds is 3. The number of hydrogen-bond donors (Lipinski definition) is 1. The van der Waals surface area contributed by atoms with Crippen molar-refractivity contribution in [3.8, 4) is 0 Å². The minimum atomic E-state index is 0.320. The fourth-order valence-corrected chi connectivity index (χ4v) is 4.12. The van der Waals surface area contributed by atoms with Gasteiger partial charge in [-0.2, -0.15) is 0 Å². The normalized spacial score (nSPS) is 22.3. The van der Waals surface area contributed by atoms with E-state index in [1.165, 1.54) is 36.8 Å². The van der Waals surface area contributed by atoms with Crippen LogP contribution in [0.1, 0.15) is 31.2 Å². The van der Waals surface area contributed by atoms with Gasteiger partial charge in [-0.1, -0.05) is 24.6 Å². The molecule has 2 fully saturated rings. The van der Waals surface area contributed by atoms with E-state index in [9.17, 15) is 4.79 Å². The van der Waals surface area contributed by atoms with Crippen molar-refractivity contribution in [2.24, 2.45) is 0 Å². The van der Waals surface area contributed by atoms with Crippen LogP contribution in [0.25, 0.3) is 10.9 Å². The molecule has 1 aromatic carbocycles. The van der Waals surface area contributed by atoms with Gasteiger partial charge >= 0.3 is 0 Å². The SMILES string of the molecule is O=C(CCc1c[nH]c2ccccc12)N1CCN2CCCCC2C1. The molecule has 3 heterocycles. The number of aromatic amines is 1. The second-order valence-electron chi connectivity index (χ2n) is 6.88. The number of piperazine rings is 1. The van der Waals surface area contributed by atoms with Crippen molar-refractivity contribution in [1.82, 2.24) is 14.8 Å². The van der Waals surface area contributed by atoms with E-state index in [0.717, 1.165) is 31.6 Å². The molecule has 4 heteroatoms. The first-order valence-electron chi connectivity index (χ1n) is 8.88. The Bertz CT molecular complexity index is 693. The Hall–Kier alpha value is -1.81. The quantitative estimate of drug-likeness (QED) is 0.947. The van der Waals surface area contributed by atoms with Crippen LogP contribution in [0.3, 0.4) is 0 Å². The van der Waals surface area contributed by atoms with Crippen LogP contribution in [-0.2, 0) is 11.2 Å². The molecular formula is C19H25N3O. The first-order valence-corrected chi connectivity index (χ1v) is 8.88. The van der Waals surface area contributed by atoms with E-state index in [1.54, 1.807) is 0 Å². The highest BCUT2D eigenvalue weighted by Crippen LogP contribution is 2.23. The lowest BCUT2D eigenvalue weighted by Crippen LogP contribution is -2.56. The Morgan fingerprint density at radius 3 is 3.04 bits per heavy atom. The molecular weight excluding hydrogens is 286 g/mol. The third-order valence-electron chi connectivity index (χ3n) is 5.47. The number of benzene rings is 1. The second kappa shape index (κ2) is 6.36. The lowest BCUT2D eigenvalue weighted by atomic mass is 9.99. The van der Waals surface area contributed by atoms with Crippen molar-refractivity contribution < 1.29 is 4.79 Å². The van der Waals surface area contributed by atoms with Crippen LogP contribution < -0.4 is 0 Å². The van der Waals surface area contributed by atoms with E-state index in [4.69, 9.17) is 0 Å². The molecule has 0 radical (unpaired) electrons. The van der Waals surface area contributed by atoms with Gasteiger partial charge in [-0.3, -0.25) is 9.69 Å². The van der Waals surface area contributed by atoms with Crippen LogP contribution in [0.15, 0.2) is 30.5 Å². The largest absolute Gasteiger partial charge is 0.361 e. The minimum absolute atomic E-state index is 0.320. The average Bonchev–Trinajstić information content (AvgIpc) is 3.02. The van der Waals surface area contributed by atoms with Crippen LogP contribution in [0, 0.1) is 0 Å². The number of H-pyrrole nitrogens is 1. The van der Waals surface area contributed by atoms with Crippen LogP contribution in [0.4, 0.5) is 0 Å². The number of amides is 1. The number of nitrogens with one attached hydrogen (secondary N) is 1. The van der Waals surface area contributed by atoms with E-state index >= 15 is 0 Å². The Labute approximate surface area is 137 Å². The van der Waals surface area contributed by atoms with Crippen molar-refractivity contribution in [3.63, 3.8) is 0 Å². The third-order valence-corrected chi connectivity index (χ3v) is 5.47. The summed E-state index contributed by atoms with van der Waals surface area (Å²) in [4.78, 5) is 20.6. The molecule has 0 aliphatic carbocycles. The topological polar surface area (TPSA) is 39.3 Å². The number of aryl methyl sites for hydroxylation is 1. The smallest absolute Gasteiger partial charge is 0.222 e. The summed E-state index contributed by atoms with van der Waals surface area (Å²) >= 11 is 0. The molecule has 0 spiro atoms. The molecule has 2 saturated heterocycles. The Morgan fingerprint density at radius 1 is 1.17 bits per heavy atom. The highest BCUT2D eigenvalue weighted by Gasteiger charge is 2.30. The molecule has 0 saturated carbocycles. The molecule has 1 aromatic heterocycles. The fraction of sp³-hybridized carbons (Fsp3) is 0.526. The molecule has 4 nitrogen and oxygen atoms in total. The monoisotopic (exact) mass is 311 g/mol. The molecule has 1 atom stereocenters. The van der Waals surface area contributed by atoms with Gasteiger partial charge in [-0.05, 0) is 37.4 Å². The Morgan fingerprint density at radius 2 is 2.09 bits per heavy atom. The number of para-hydroxylation sites is 1. The van der Waals surface area contributed by atoms with Gasteiger partial charge in [0, 0.05) is 49.2 Å². The standard InChI is InChI=1S/C19H25N3O/c23-19(22-12-11-21-10-4-3-5-16(21)14-22)9-8-15-13-20-18-7-2-1-6-17(15)18/h1-2,6-7,13,16,20H,3-5,8-12,14H2. The molecule has 0 bridgehead atoms. The first-order chi connectivity index (χ1) is 11.3. The van der Waals surface area contributed by atoms with Crippen molar-refractivity contribution in [3.05, 3.63) is 36.0 Å². The molecule has 1 amide bonds. The number of carbonyl (C=O) groups excluding carboxylic acids is 1. The summed E-state index contributed by atoms with van der Waals surface area (Å²) in [5.41, 5.74) is 2.41. The third kappa shape index (κ3) is 3.00. The maximum atomic E-state index is 12.6. The van der Waals surface area contributed by atoms with Crippen LogP contribution in [0.2, 0.25) is 0 Å². The molecule has 1 unspecified atom stereocenters. The van der Waals surface area contributed by atoms with Gasteiger partial charge in [0.2, 0.25) is 5.91 Å². The zero-order valence-electron chi connectivity index (χ0n) is 13.6. The van der Waals surface area contributed by atoms with E-state index in [0.29, 0.717) is 18.4 Å². The van der Waals surface area contributed by atoms with Gasteiger partial charge in [-0.15, -0.1) is 0 Å². The second-order valence-corrected chi connectivity index (χ2v) is 6.88. The summed E-state index contributed by atoms with van der Waals surface area (Å²) in [6.45, 7) is 4.13. The number of piperidine rings is 1. The van der Waals surface area contributed by atoms with Crippen molar-refractivity contribution in [2.45, 2.75) is 38.1 Å². The van der Waals surface area contributed by atoms with Crippen molar-refractivity contribution in [1.29, 1.82) is 0 Å².